The first kappa shape index (κ1) is 12.9. The normalized spacial score (nSPS) is 34.6. The molecule has 0 spiro atoms. The van der Waals surface area contributed by atoms with Crippen LogP contribution in [0.1, 0.15) is 32.1 Å². The highest BCUT2D eigenvalue weighted by molar-refractivity contribution is 5.44. The van der Waals surface area contributed by atoms with Gasteiger partial charge in [-0.05, 0) is 56.4 Å². The van der Waals surface area contributed by atoms with E-state index in [4.69, 9.17) is 4.74 Å². The van der Waals surface area contributed by atoms with Crippen LogP contribution in [0.4, 0.5) is 10.1 Å². The summed E-state index contributed by atoms with van der Waals surface area (Å²) in [6.45, 7) is 0.746. The maximum absolute atomic E-state index is 12.9. The van der Waals surface area contributed by atoms with E-state index in [1.54, 1.807) is 12.1 Å². The summed E-state index contributed by atoms with van der Waals surface area (Å²) in [5, 5.41) is 14.3. The van der Waals surface area contributed by atoms with E-state index >= 15 is 0 Å². The molecule has 3 atom stereocenters. The Bertz CT molecular complexity index is 434. The number of aliphatic hydroxyl groups is 1. The van der Waals surface area contributed by atoms with Crippen LogP contribution in [0.25, 0.3) is 0 Å². The van der Waals surface area contributed by atoms with Gasteiger partial charge in [0.25, 0.3) is 0 Å². The van der Waals surface area contributed by atoms with Gasteiger partial charge in [0.1, 0.15) is 11.4 Å². The van der Waals surface area contributed by atoms with E-state index < -0.39 is 5.60 Å². The number of nitrogens with one attached hydrogen (secondary N) is 1. The lowest BCUT2D eigenvalue weighted by atomic mass is 9.74. The zero-order valence-corrected chi connectivity index (χ0v) is 10.9. The Morgan fingerprint density at radius 1 is 1.21 bits per heavy atom. The highest BCUT2D eigenvalue weighted by atomic mass is 19.1. The molecule has 1 aliphatic heterocycles. The van der Waals surface area contributed by atoms with Gasteiger partial charge in [-0.25, -0.2) is 4.39 Å². The fraction of sp³-hybridized carbons (Fsp3) is 0.600. The highest BCUT2D eigenvalue weighted by Gasteiger charge is 2.48. The zero-order chi connectivity index (χ0) is 13.3. The topological polar surface area (TPSA) is 41.5 Å². The summed E-state index contributed by atoms with van der Waals surface area (Å²) in [4.78, 5) is 0. The van der Waals surface area contributed by atoms with Gasteiger partial charge in [-0.3, -0.25) is 0 Å². The third-order valence-electron chi connectivity index (χ3n) is 4.35. The van der Waals surface area contributed by atoms with Gasteiger partial charge in [0.05, 0.1) is 12.1 Å². The fourth-order valence-electron chi connectivity index (χ4n) is 3.32. The lowest BCUT2D eigenvalue weighted by molar-refractivity contribution is -0.168. The lowest BCUT2D eigenvalue weighted by Crippen LogP contribution is -2.60. The Balaban J connectivity index is 1.77. The van der Waals surface area contributed by atoms with Crippen LogP contribution in [0.5, 0.6) is 0 Å². The van der Waals surface area contributed by atoms with E-state index in [9.17, 15) is 9.50 Å². The first-order valence-electron chi connectivity index (χ1n) is 7.04. The standard InChI is InChI=1S/C15H20FNO2/c16-11-5-7-12(8-6-11)17-13-3-1-4-14-15(13,18)9-2-10-19-14/h5-8,13-14,17-18H,1-4,9-10H2/t13-,14-,15?/m0/s1. The monoisotopic (exact) mass is 265 g/mol. The van der Waals surface area contributed by atoms with Crippen molar-refractivity contribution in [2.45, 2.75) is 49.9 Å². The van der Waals surface area contributed by atoms with Crippen LogP contribution in [-0.2, 0) is 4.74 Å². The van der Waals surface area contributed by atoms with Crippen molar-refractivity contribution in [3.63, 3.8) is 0 Å². The quantitative estimate of drug-likeness (QED) is 0.864. The van der Waals surface area contributed by atoms with Crippen LogP contribution in [0.2, 0.25) is 0 Å². The van der Waals surface area contributed by atoms with Gasteiger partial charge in [-0.2, -0.15) is 0 Å². The van der Waals surface area contributed by atoms with Gasteiger partial charge in [0.2, 0.25) is 0 Å². The summed E-state index contributed by atoms with van der Waals surface area (Å²) >= 11 is 0. The van der Waals surface area contributed by atoms with Crippen molar-refractivity contribution >= 4 is 5.69 Å². The van der Waals surface area contributed by atoms with E-state index in [0.29, 0.717) is 0 Å². The summed E-state index contributed by atoms with van der Waals surface area (Å²) in [6.07, 6.45) is 4.51. The minimum atomic E-state index is -0.787. The van der Waals surface area contributed by atoms with Gasteiger partial charge in [0, 0.05) is 12.3 Å². The number of anilines is 1. The van der Waals surface area contributed by atoms with E-state index in [2.05, 4.69) is 5.32 Å². The summed E-state index contributed by atoms with van der Waals surface area (Å²) < 4.78 is 18.6. The second kappa shape index (κ2) is 5.10. The number of hydrogen-bond acceptors (Lipinski definition) is 3. The summed E-state index contributed by atoms with van der Waals surface area (Å²) in [5.74, 6) is -0.244. The van der Waals surface area contributed by atoms with Crippen LogP contribution in [0.15, 0.2) is 24.3 Å². The smallest absolute Gasteiger partial charge is 0.123 e. The van der Waals surface area contributed by atoms with Gasteiger partial charge in [-0.1, -0.05) is 0 Å². The summed E-state index contributed by atoms with van der Waals surface area (Å²) in [5.41, 5.74) is 0.0660. The van der Waals surface area contributed by atoms with Gasteiger partial charge in [-0.15, -0.1) is 0 Å². The van der Waals surface area contributed by atoms with Crippen molar-refractivity contribution in [2.75, 3.05) is 11.9 Å². The Hall–Kier alpha value is -1.13. The van der Waals surface area contributed by atoms with E-state index in [-0.39, 0.29) is 18.0 Å². The van der Waals surface area contributed by atoms with Crippen molar-refractivity contribution in [1.29, 1.82) is 0 Å². The second-order valence-electron chi connectivity index (χ2n) is 5.59. The number of rotatable bonds is 2. The average Bonchev–Trinajstić information content (AvgIpc) is 2.42. The molecule has 1 heterocycles. The van der Waals surface area contributed by atoms with Crippen LogP contribution in [0, 0.1) is 5.82 Å². The van der Waals surface area contributed by atoms with E-state index in [1.807, 2.05) is 0 Å². The first-order chi connectivity index (χ1) is 9.18. The van der Waals surface area contributed by atoms with Crippen molar-refractivity contribution in [3.8, 4) is 0 Å². The maximum Gasteiger partial charge on any atom is 0.123 e. The molecule has 1 aliphatic carbocycles. The average molecular weight is 265 g/mol. The molecular weight excluding hydrogens is 245 g/mol. The molecule has 0 radical (unpaired) electrons. The molecule has 2 aliphatic rings. The minimum Gasteiger partial charge on any atom is -0.385 e. The molecule has 104 valence electrons. The third-order valence-corrected chi connectivity index (χ3v) is 4.35. The molecule has 0 amide bonds. The molecule has 1 saturated carbocycles. The number of fused-ring (bicyclic) bond motifs is 1. The Morgan fingerprint density at radius 2 is 2.00 bits per heavy atom. The Morgan fingerprint density at radius 3 is 2.79 bits per heavy atom. The number of halogens is 1. The molecule has 2 fully saturated rings. The van der Waals surface area contributed by atoms with E-state index in [0.717, 1.165) is 44.4 Å². The molecule has 3 nitrogen and oxygen atoms in total. The zero-order valence-electron chi connectivity index (χ0n) is 10.9. The minimum absolute atomic E-state index is 0.0167. The molecule has 1 unspecified atom stereocenters. The third kappa shape index (κ3) is 2.47. The second-order valence-corrected chi connectivity index (χ2v) is 5.59. The molecule has 19 heavy (non-hydrogen) atoms. The van der Waals surface area contributed by atoms with Crippen LogP contribution >= 0.6 is 0 Å². The van der Waals surface area contributed by atoms with Crippen LogP contribution in [0.3, 0.4) is 0 Å². The fourth-order valence-corrected chi connectivity index (χ4v) is 3.32. The van der Waals surface area contributed by atoms with Crippen molar-refractivity contribution in [3.05, 3.63) is 30.1 Å². The van der Waals surface area contributed by atoms with Crippen molar-refractivity contribution < 1.29 is 14.2 Å². The molecule has 0 bridgehead atoms. The van der Waals surface area contributed by atoms with Crippen LogP contribution < -0.4 is 5.32 Å². The largest absolute Gasteiger partial charge is 0.385 e. The molecule has 1 aromatic carbocycles. The number of hydrogen-bond donors (Lipinski definition) is 2. The first-order valence-corrected chi connectivity index (χ1v) is 7.04. The SMILES string of the molecule is OC12CCCO[C@H]1CCC[C@@H]2Nc1ccc(F)cc1. The van der Waals surface area contributed by atoms with Gasteiger partial charge < -0.3 is 15.2 Å². The number of ether oxygens (including phenoxy) is 1. The maximum atomic E-state index is 12.9. The molecule has 4 heteroatoms. The van der Waals surface area contributed by atoms with Crippen molar-refractivity contribution in [2.24, 2.45) is 0 Å². The van der Waals surface area contributed by atoms with E-state index in [1.165, 1.54) is 12.1 Å². The molecule has 1 saturated heterocycles. The molecule has 1 aromatic rings. The number of benzene rings is 1. The molecule has 2 N–H and O–H groups in total. The molecular formula is C15H20FNO2. The van der Waals surface area contributed by atoms with Gasteiger partial charge in [0.15, 0.2) is 0 Å². The van der Waals surface area contributed by atoms with Crippen LogP contribution in [-0.4, -0.2) is 29.5 Å². The predicted octanol–water partition coefficient (Wildman–Crippen LogP) is 2.70. The summed E-state index contributed by atoms with van der Waals surface area (Å²) in [6, 6.07) is 6.28. The molecule has 0 aromatic heterocycles. The lowest BCUT2D eigenvalue weighted by Gasteiger charge is -2.48. The van der Waals surface area contributed by atoms with Crippen molar-refractivity contribution in [1.82, 2.24) is 0 Å². The molecule has 3 rings (SSSR count). The van der Waals surface area contributed by atoms with Gasteiger partial charge >= 0.3 is 0 Å². The predicted molar refractivity (Wildman–Crippen MR) is 71.6 cm³/mol. The summed E-state index contributed by atoms with van der Waals surface area (Å²) in [7, 11) is 0. The Labute approximate surface area is 112 Å². The Kier molecular flexibility index (Phi) is 3.46. The highest BCUT2D eigenvalue weighted by Crippen LogP contribution is 2.39.